The first-order valence-electron chi connectivity index (χ1n) is 9.36. The summed E-state index contributed by atoms with van der Waals surface area (Å²) in [4.78, 5) is 19.7. The Morgan fingerprint density at radius 2 is 1.97 bits per heavy atom. The van der Waals surface area contributed by atoms with Crippen LogP contribution in [0, 0.1) is 5.82 Å². The summed E-state index contributed by atoms with van der Waals surface area (Å²) in [6, 6.07) is 16.9. The number of hydrogen-bond donors (Lipinski definition) is 2. The number of pyridine rings is 1. The number of hydrogen-bond acceptors (Lipinski definition) is 3. The lowest BCUT2D eigenvalue weighted by Crippen LogP contribution is -2.30. The van der Waals surface area contributed by atoms with E-state index in [4.69, 9.17) is 16.3 Å². The molecule has 0 saturated heterocycles. The van der Waals surface area contributed by atoms with E-state index in [1.54, 1.807) is 7.11 Å². The molecule has 0 saturated carbocycles. The van der Waals surface area contributed by atoms with Crippen molar-refractivity contribution in [2.24, 2.45) is 0 Å². The van der Waals surface area contributed by atoms with Gasteiger partial charge in [-0.2, -0.15) is 0 Å². The molecule has 0 radical (unpaired) electrons. The zero-order valence-corrected chi connectivity index (χ0v) is 16.9. The molecule has 2 aromatic heterocycles. The molecule has 0 bridgehead atoms. The lowest BCUT2D eigenvalue weighted by Gasteiger charge is -2.18. The summed E-state index contributed by atoms with van der Waals surface area (Å²) in [5.74, 6) is -0.873. The van der Waals surface area contributed by atoms with Crippen LogP contribution < -0.4 is 10.1 Å². The summed E-state index contributed by atoms with van der Waals surface area (Å²) in [6.45, 7) is 0.251. The molecule has 4 rings (SSSR count). The first-order chi connectivity index (χ1) is 14.6. The first kappa shape index (κ1) is 19.9. The van der Waals surface area contributed by atoms with Crippen molar-refractivity contribution in [3.05, 3.63) is 94.7 Å². The Hall–Kier alpha value is -3.38. The third kappa shape index (κ3) is 3.86. The number of H-pyrrole nitrogens is 1. The highest BCUT2D eigenvalue weighted by Crippen LogP contribution is 2.31. The number of nitrogens with one attached hydrogen (secondary N) is 2. The number of fused-ring (bicyclic) bond motifs is 1. The topological polar surface area (TPSA) is 67.0 Å². The smallest absolute Gasteiger partial charge is 0.273 e. The maximum atomic E-state index is 14.2. The second-order valence-electron chi connectivity index (χ2n) is 6.78. The lowest BCUT2D eigenvalue weighted by atomic mass is 9.90. The molecule has 5 nitrogen and oxygen atoms in total. The van der Waals surface area contributed by atoms with Crippen molar-refractivity contribution in [1.82, 2.24) is 15.3 Å². The van der Waals surface area contributed by atoms with Gasteiger partial charge >= 0.3 is 0 Å². The Balaban J connectivity index is 1.66. The van der Waals surface area contributed by atoms with Gasteiger partial charge in [0.25, 0.3) is 5.91 Å². The number of halogens is 2. The third-order valence-corrected chi connectivity index (χ3v) is 5.33. The highest BCUT2D eigenvalue weighted by Gasteiger charge is 2.22. The number of amides is 1. The molecule has 0 aliphatic rings. The summed E-state index contributed by atoms with van der Waals surface area (Å²) < 4.78 is 19.4. The lowest BCUT2D eigenvalue weighted by molar-refractivity contribution is 0.0943. The molecule has 2 heterocycles. The van der Waals surface area contributed by atoms with Gasteiger partial charge in [-0.15, -0.1) is 0 Å². The molecule has 4 aromatic rings. The van der Waals surface area contributed by atoms with Crippen LogP contribution in [0.25, 0.3) is 10.9 Å². The zero-order chi connectivity index (χ0) is 21.1. The Bertz CT molecular complexity index is 1190. The zero-order valence-electron chi connectivity index (χ0n) is 16.2. The Labute approximate surface area is 177 Å². The number of carbonyl (C=O) groups is 1. The van der Waals surface area contributed by atoms with Gasteiger partial charge in [-0.25, -0.2) is 9.37 Å². The van der Waals surface area contributed by atoms with Crippen molar-refractivity contribution in [3.8, 4) is 5.75 Å². The van der Waals surface area contributed by atoms with E-state index in [0.717, 1.165) is 27.8 Å². The van der Waals surface area contributed by atoms with E-state index in [2.05, 4.69) is 15.3 Å². The van der Waals surface area contributed by atoms with Crippen LogP contribution >= 0.6 is 11.6 Å². The van der Waals surface area contributed by atoms with Crippen molar-refractivity contribution < 1.29 is 13.9 Å². The normalized spacial score (nSPS) is 12.0. The molecule has 0 unspecified atom stereocenters. The van der Waals surface area contributed by atoms with Gasteiger partial charge in [-0.05, 0) is 35.4 Å². The first-order valence-corrected chi connectivity index (χ1v) is 9.74. The average Bonchev–Trinajstić information content (AvgIpc) is 3.20. The number of aromatic nitrogens is 2. The minimum Gasteiger partial charge on any atom is -0.497 e. The van der Waals surface area contributed by atoms with Gasteiger partial charge in [0.05, 0.1) is 12.1 Å². The van der Waals surface area contributed by atoms with E-state index in [9.17, 15) is 9.18 Å². The van der Waals surface area contributed by atoms with Crippen LogP contribution in [0.15, 0.2) is 67.0 Å². The molecule has 0 aliphatic heterocycles. The third-order valence-electron chi connectivity index (χ3n) is 5.04. The monoisotopic (exact) mass is 423 g/mol. The number of carbonyl (C=O) groups excluding carboxylic acids is 1. The minimum atomic E-state index is -0.829. The van der Waals surface area contributed by atoms with Gasteiger partial charge in [0.15, 0.2) is 11.5 Å². The van der Waals surface area contributed by atoms with Gasteiger partial charge in [-0.1, -0.05) is 41.9 Å². The molecule has 2 N–H and O–H groups in total. The quantitative estimate of drug-likeness (QED) is 0.462. The van der Waals surface area contributed by atoms with Crippen molar-refractivity contribution in [1.29, 1.82) is 0 Å². The van der Waals surface area contributed by atoms with Gasteiger partial charge < -0.3 is 15.0 Å². The van der Waals surface area contributed by atoms with Crippen molar-refractivity contribution in [2.45, 2.75) is 5.92 Å². The summed E-state index contributed by atoms with van der Waals surface area (Å²) in [5, 5.41) is 3.72. The van der Waals surface area contributed by atoms with Crippen molar-refractivity contribution in [2.75, 3.05) is 13.7 Å². The molecule has 0 spiro atoms. The van der Waals surface area contributed by atoms with Crippen molar-refractivity contribution >= 4 is 28.4 Å². The summed E-state index contributed by atoms with van der Waals surface area (Å²) in [5.41, 5.74) is 2.69. The molecular weight excluding hydrogens is 405 g/mol. The van der Waals surface area contributed by atoms with E-state index in [-0.39, 0.29) is 23.2 Å². The van der Waals surface area contributed by atoms with E-state index in [1.165, 1.54) is 12.3 Å². The highest BCUT2D eigenvalue weighted by molar-refractivity contribution is 6.31. The molecule has 0 fully saturated rings. The Kier molecular flexibility index (Phi) is 5.68. The SMILES string of the molecule is COc1ccc([C@@H](CNC(=O)c2nccc(Cl)c2F)c2c[nH]c3ccccc23)cc1. The van der Waals surface area contributed by atoms with Gasteiger partial charge in [0.1, 0.15) is 5.75 Å². The second-order valence-corrected chi connectivity index (χ2v) is 7.19. The number of nitrogens with zero attached hydrogens (tertiary/aromatic N) is 1. The van der Waals surface area contributed by atoms with Gasteiger partial charge in [0.2, 0.25) is 0 Å². The molecule has 7 heteroatoms. The van der Waals surface area contributed by atoms with E-state index >= 15 is 0 Å². The molecule has 2 aromatic carbocycles. The molecule has 1 amide bonds. The number of para-hydroxylation sites is 1. The predicted molar refractivity (Wildman–Crippen MR) is 115 cm³/mol. The standard InChI is InChI=1S/C23H19ClFN3O2/c1-30-15-8-6-14(7-9-15)17(18-13-27-20-5-3-2-4-16(18)20)12-28-23(29)22-21(25)19(24)10-11-26-22/h2-11,13,17,27H,12H2,1H3,(H,28,29)/t17-/m1/s1. The van der Waals surface area contributed by atoms with Crippen LogP contribution in [0.2, 0.25) is 5.02 Å². The fourth-order valence-electron chi connectivity index (χ4n) is 3.48. The largest absolute Gasteiger partial charge is 0.497 e. The molecule has 152 valence electrons. The molecule has 0 aliphatic carbocycles. The van der Waals surface area contributed by atoms with E-state index in [1.807, 2.05) is 54.7 Å². The number of benzene rings is 2. The number of rotatable bonds is 6. The summed E-state index contributed by atoms with van der Waals surface area (Å²) in [6.07, 6.45) is 3.24. The van der Waals surface area contributed by atoms with Gasteiger partial charge in [-0.3, -0.25) is 4.79 Å². The maximum absolute atomic E-state index is 14.2. The number of methoxy groups -OCH3 is 1. The minimum absolute atomic E-state index is 0.140. The Morgan fingerprint density at radius 1 is 1.20 bits per heavy atom. The van der Waals surface area contributed by atoms with Gasteiger partial charge in [0, 0.05) is 35.8 Å². The van der Waals surface area contributed by atoms with E-state index in [0.29, 0.717) is 0 Å². The predicted octanol–water partition coefficient (Wildman–Crippen LogP) is 4.93. The maximum Gasteiger partial charge on any atom is 0.273 e. The summed E-state index contributed by atoms with van der Waals surface area (Å²) in [7, 11) is 1.61. The van der Waals surface area contributed by atoms with Crippen LogP contribution in [0.3, 0.4) is 0 Å². The molecule has 1 atom stereocenters. The van der Waals surface area contributed by atoms with Crippen LogP contribution in [0.4, 0.5) is 4.39 Å². The summed E-state index contributed by atoms with van der Waals surface area (Å²) >= 11 is 5.78. The Morgan fingerprint density at radius 3 is 2.73 bits per heavy atom. The fourth-order valence-corrected chi connectivity index (χ4v) is 3.63. The molecular formula is C23H19ClFN3O2. The number of ether oxygens (including phenoxy) is 1. The molecule has 30 heavy (non-hydrogen) atoms. The number of aromatic amines is 1. The highest BCUT2D eigenvalue weighted by atomic mass is 35.5. The van der Waals surface area contributed by atoms with Crippen LogP contribution in [0.1, 0.15) is 27.5 Å². The fraction of sp³-hybridized carbons (Fsp3) is 0.130. The second kappa shape index (κ2) is 8.55. The van der Waals surface area contributed by atoms with Crippen LogP contribution in [-0.2, 0) is 0 Å². The van der Waals surface area contributed by atoms with E-state index < -0.39 is 11.7 Å². The van der Waals surface area contributed by atoms with Crippen LogP contribution in [0.5, 0.6) is 5.75 Å². The van der Waals surface area contributed by atoms with Crippen LogP contribution in [-0.4, -0.2) is 29.5 Å². The average molecular weight is 424 g/mol. The van der Waals surface area contributed by atoms with Crippen molar-refractivity contribution in [3.63, 3.8) is 0 Å².